The quantitative estimate of drug-likeness (QED) is 0.254. The number of aromatic nitrogens is 4. The van der Waals surface area contributed by atoms with Crippen molar-refractivity contribution in [3.63, 3.8) is 0 Å². The van der Waals surface area contributed by atoms with E-state index in [4.69, 9.17) is 24.5 Å². The van der Waals surface area contributed by atoms with E-state index in [9.17, 15) is 9.36 Å². The summed E-state index contributed by atoms with van der Waals surface area (Å²) in [6, 6.07) is -0.682. The Hall–Kier alpha value is -2.51. The number of hydrogen-bond donors (Lipinski definition) is 2. The van der Waals surface area contributed by atoms with Gasteiger partial charge in [-0.2, -0.15) is 9.97 Å². The fourth-order valence-electron chi connectivity index (χ4n) is 3.79. The summed E-state index contributed by atoms with van der Waals surface area (Å²) in [6.07, 6.45) is -2.18. The van der Waals surface area contributed by atoms with Crippen LogP contribution in [0, 0.1) is 0 Å². The number of imidazole rings is 1. The van der Waals surface area contributed by atoms with Gasteiger partial charge in [-0.05, 0) is 27.7 Å². The molecule has 0 aliphatic carbocycles. The number of nitrogens with one attached hydrogen (secondary N) is 1. The van der Waals surface area contributed by atoms with Gasteiger partial charge in [-0.15, -0.1) is 0 Å². The third kappa shape index (κ3) is 5.84. The molecule has 0 radical (unpaired) electrons. The molecule has 3 N–H and O–H groups in total. The highest BCUT2D eigenvalue weighted by atomic mass is 31.1. The van der Waals surface area contributed by atoms with Gasteiger partial charge in [0.05, 0.1) is 25.8 Å². The van der Waals surface area contributed by atoms with Crippen LogP contribution in [0.4, 0.5) is 16.2 Å². The number of hydrogen-bond acceptors (Lipinski definition) is 12. The van der Waals surface area contributed by atoms with Crippen LogP contribution in [-0.2, 0) is 28.1 Å². The van der Waals surface area contributed by atoms with Crippen molar-refractivity contribution in [2.24, 2.45) is 0 Å². The first-order valence-electron chi connectivity index (χ1n) is 11.0. The van der Waals surface area contributed by atoms with E-state index in [1.54, 1.807) is 39.8 Å². The number of alkyl halides is 1. The van der Waals surface area contributed by atoms with Crippen LogP contribution < -0.4 is 16.0 Å². The second kappa shape index (κ2) is 11.0. The number of halogens is 1. The highest BCUT2D eigenvalue weighted by Crippen LogP contribution is 2.44. The van der Waals surface area contributed by atoms with Gasteiger partial charge in [0.2, 0.25) is 5.95 Å². The molecule has 0 unspecified atom stereocenters. The minimum atomic E-state index is -2.11. The molecule has 1 aliphatic heterocycles. The summed E-state index contributed by atoms with van der Waals surface area (Å²) in [7, 11) is 2.97. The van der Waals surface area contributed by atoms with Crippen molar-refractivity contribution in [3.8, 4) is 0 Å². The molecular weight excluding hydrogens is 484 g/mol. The van der Waals surface area contributed by atoms with Gasteiger partial charge in [0.15, 0.2) is 28.9 Å². The number of carbonyl (C=O) groups is 1. The SMILES string of the molecule is CC(C)OC(=O)[C@H](C)NCO[C@@H]1[C@@H](COP=O)O[C@@H](n2cnc3c(N(C)C)nc(N)nc32)[C@]1(C)F. The van der Waals surface area contributed by atoms with Crippen LogP contribution >= 0.6 is 8.69 Å². The molecule has 1 fully saturated rings. The Morgan fingerprint density at radius 1 is 1.40 bits per heavy atom. The van der Waals surface area contributed by atoms with Gasteiger partial charge in [-0.3, -0.25) is 19.2 Å². The molecule has 0 amide bonds. The van der Waals surface area contributed by atoms with Crippen LogP contribution in [0.1, 0.15) is 33.9 Å². The number of ether oxygens (including phenoxy) is 3. The molecule has 1 aliphatic rings. The van der Waals surface area contributed by atoms with Crippen molar-refractivity contribution in [1.82, 2.24) is 24.8 Å². The number of rotatable bonds is 11. The van der Waals surface area contributed by atoms with Crippen LogP contribution in [0.15, 0.2) is 6.33 Å². The van der Waals surface area contributed by atoms with Gasteiger partial charge < -0.3 is 24.8 Å². The Balaban J connectivity index is 1.84. The zero-order chi connectivity index (χ0) is 25.9. The highest BCUT2D eigenvalue weighted by Gasteiger charge is 2.57. The summed E-state index contributed by atoms with van der Waals surface area (Å²) in [5.41, 5.74) is 4.46. The average Bonchev–Trinajstić information content (AvgIpc) is 3.28. The molecule has 5 atom stereocenters. The van der Waals surface area contributed by atoms with E-state index in [0.717, 1.165) is 0 Å². The molecule has 0 spiro atoms. The number of nitrogens with zero attached hydrogens (tertiary/aromatic N) is 5. The molecule has 0 aromatic carbocycles. The highest BCUT2D eigenvalue weighted by molar-refractivity contribution is 7.17. The fourth-order valence-corrected chi connectivity index (χ4v) is 4.00. The smallest absolute Gasteiger partial charge is 0.327 e. The van der Waals surface area contributed by atoms with Crippen molar-refractivity contribution in [2.45, 2.75) is 63.9 Å². The van der Waals surface area contributed by atoms with Gasteiger partial charge in [0, 0.05) is 14.1 Å². The molecule has 3 rings (SSSR count). The lowest BCUT2D eigenvalue weighted by Gasteiger charge is -2.28. The average molecular weight is 515 g/mol. The van der Waals surface area contributed by atoms with E-state index in [1.807, 2.05) is 0 Å². The second-order valence-corrected chi connectivity index (χ2v) is 9.22. The molecular formula is C20H31FN7O6P. The molecule has 15 heteroatoms. The molecule has 3 heterocycles. The first-order chi connectivity index (χ1) is 16.5. The van der Waals surface area contributed by atoms with Crippen LogP contribution in [0.5, 0.6) is 0 Å². The van der Waals surface area contributed by atoms with Crippen molar-refractivity contribution in [1.29, 1.82) is 0 Å². The number of fused-ring (bicyclic) bond motifs is 1. The number of nitrogens with two attached hydrogens (primary N) is 1. The lowest BCUT2D eigenvalue weighted by atomic mass is 9.98. The molecule has 0 bridgehead atoms. The van der Waals surface area contributed by atoms with E-state index >= 15 is 4.39 Å². The summed E-state index contributed by atoms with van der Waals surface area (Å²) in [4.78, 5) is 26.5. The lowest BCUT2D eigenvalue weighted by molar-refractivity contribution is -0.150. The zero-order valence-corrected chi connectivity index (χ0v) is 21.4. The summed E-state index contributed by atoms with van der Waals surface area (Å²) >= 11 is 0. The molecule has 1 saturated heterocycles. The van der Waals surface area contributed by atoms with Crippen LogP contribution in [0.2, 0.25) is 0 Å². The molecule has 13 nitrogen and oxygen atoms in total. The molecule has 35 heavy (non-hydrogen) atoms. The Morgan fingerprint density at radius 3 is 2.74 bits per heavy atom. The third-order valence-corrected chi connectivity index (χ3v) is 5.68. The molecule has 2 aromatic heterocycles. The van der Waals surface area contributed by atoms with E-state index in [1.165, 1.54) is 17.8 Å². The van der Waals surface area contributed by atoms with Gasteiger partial charge in [0.25, 0.3) is 0 Å². The maximum Gasteiger partial charge on any atom is 0.327 e. The van der Waals surface area contributed by atoms with Gasteiger partial charge in [0.1, 0.15) is 18.2 Å². The predicted molar refractivity (Wildman–Crippen MR) is 125 cm³/mol. The Kier molecular flexibility index (Phi) is 8.54. The monoisotopic (exact) mass is 515 g/mol. The van der Waals surface area contributed by atoms with E-state index in [2.05, 4.69) is 20.3 Å². The van der Waals surface area contributed by atoms with E-state index < -0.39 is 44.8 Å². The van der Waals surface area contributed by atoms with Crippen LogP contribution in [-0.4, -0.2) is 82.9 Å². The first kappa shape index (κ1) is 27.1. The lowest BCUT2D eigenvalue weighted by Crippen LogP contribution is -2.46. The first-order valence-corrected chi connectivity index (χ1v) is 11.7. The van der Waals surface area contributed by atoms with Crippen molar-refractivity contribution in [3.05, 3.63) is 6.33 Å². The molecule has 0 saturated carbocycles. The van der Waals surface area contributed by atoms with E-state index in [-0.39, 0.29) is 31.0 Å². The summed E-state index contributed by atoms with van der Waals surface area (Å²) < 4.78 is 50.4. The van der Waals surface area contributed by atoms with Gasteiger partial charge in [-0.25, -0.2) is 13.9 Å². The predicted octanol–water partition coefficient (Wildman–Crippen LogP) is 1.60. The maximum absolute atomic E-state index is 16.3. The van der Waals surface area contributed by atoms with Crippen molar-refractivity contribution >= 4 is 37.6 Å². The number of carbonyl (C=O) groups excluding carboxylic acids is 1. The third-order valence-electron chi connectivity index (χ3n) is 5.43. The topological polar surface area (TPSA) is 156 Å². The largest absolute Gasteiger partial charge is 0.462 e. The van der Waals surface area contributed by atoms with Crippen molar-refractivity contribution in [2.75, 3.05) is 38.1 Å². The number of nitrogen functional groups attached to an aromatic ring is 1. The number of esters is 1. The zero-order valence-electron chi connectivity index (χ0n) is 20.5. The standard InChI is InChI=1S/C20H31FN7O6P/c1-10(2)33-17(29)11(3)24-9-31-14-12(7-32-35-30)34-18(20(14,4)21)28-8-23-13-15(27(5)6)25-19(22)26-16(13)28/h8,10-12,14,18,24H,7,9H2,1-6H3,(H2,22,25,26)/t11-,12+,14+,18+,20+/m0/s1. The Labute approximate surface area is 203 Å². The minimum absolute atomic E-state index is 0.00850. The maximum atomic E-state index is 16.3. The van der Waals surface area contributed by atoms with Crippen molar-refractivity contribution < 1.29 is 32.5 Å². The molecule has 194 valence electrons. The molecule has 2 aromatic rings. The Bertz CT molecular complexity index is 1050. The summed E-state index contributed by atoms with van der Waals surface area (Å²) in [5, 5.41) is 2.85. The van der Waals surface area contributed by atoms with E-state index in [0.29, 0.717) is 11.3 Å². The minimum Gasteiger partial charge on any atom is -0.462 e. The van der Waals surface area contributed by atoms with Crippen LogP contribution in [0.3, 0.4) is 0 Å². The van der Waals surface area contributed by atoms with Gasteiger partial charge >= 0.3 is 14.7 Å². The van der Waals surface area contributed by atoms with Gasteiger partial charge in [-0.1, -0.05) is 0 Å². The normalized spacial score (nSPS) is 25.4. The second-order valence-electron chi connectivity index (χ2n) is 8.82. The van der Waals surface area contributed by atoms with Crippen LogP contribution in [0.25, 0.3) is 11.2 Å². The summed E-state index contributed by atoms with van der Waals surface area (Å²) in [6.45, 7) is 6.03. The fraction of sp³-hybridized carbons (Fsp3) is 0.700. The Morgan fingerprint density at radius 2 is 2.11 bits per heavy atom. The number of anilines is 2. The summed E-state index contributed by atoms with van der Waals surface area (Å²) in [5.74, 6) is -0.00372.